The second-order valence-corrected chi connectivity index (χ2v) is 2.26. The predicted molar refractivity (Wildman–Crippen MR) is 37.7 cm³/mol. The van der Waals surface area contributed by atoms with Crippen LogP contribution >= 0.6 is 0 Å². The van der Waals surface area contributed by atoms with Crippen LogP contribution in [0.4, 0.5) is 18.0 Å². The SMILES string of the molecule is O=C(O)CCNC(=O)OCC(F)(F)F. The smallest absolute Gasteiger partial charge is 0.422 e. The van der Waals surface area contributed by atoms with Crippen LogP contribution in [0.25, 0.3) is 0 Å². The van der Waals surface area contributed by atoms with Crippen molar-refractivity contribution >= 4 is 12.1 Å². The second kappa shape index (κ2) is 5.30. The van der Waals surface area contributed by atoms with E-state index >= 15 is 0 Å². The van der Waals surface area contributed by atoms with Crippen LogP contribution in [-0.4, -0.2) is 36.5 Å². The molecule has 0 aliphatic rings. The van der Waals surface area contributed by atoms with E-state index < -0.39 is 24.8 Å². The van der Waals surface area contributed by atoms with Crippen LogP contribution in [0.1, 0.15) is 6.42 Å². The van der Waals surface area contributed by atoms with E-state index in [1.807, 2.05) is 5.32 Å². The van der Waals surface area contributed by atoms with E-state index in [1.165, 1.54) is 0 Å². The van der Waals surface area contributed by atoms with Crippen molar-refractivity contribution < 1.29 is 32.6 Å². The topological polar surface area (TPSA) is 75.6 Å². The van der Waals surface area contributed by atoms with Gasteiger partial charge in [0.25, 0.3) is 0 Å². The highest BCUT2D eigenvalue weighted by Gasteiger charge is 2.29. The Labute approximate surface area is 76.8 Å². The molecule has 0 aromatic heterocycles. The van der Waals surface area contributed by atoms with Gasteiger partial charge < -0.3 is 15.2 Å². The number of amides is 1. The molecule has 0 spiro atoms. The summed E-state index contributed by atoms with van der Waals surface area (Å²) in [5, 5.41) is 9.96. The van der Waals surface area contributed by atoms with E-state index in [0.29, 0.717) is 0 Å². The molecule has 0 aromatic rings. The summed E-state index contributed by atoms with van der Waals surface area (Å²) in [6.07, 6.45) is -6.24. The first kappa shape index (κ1) is 12.5. The number of hydrogen-bond acceptors (Lipinski definition) is 3. The minimum absolute atomic E-state index is 0.272. The Morgan fingerprint density at radius 3 is 2.36 bits per heavy atom. The zero-order valence-corrected chi connectivity index (χ0v) is 6.93. The monoisotopic (exact) mass is 215 g/mol. The first-order chi connectivity index (χ1) is 6.31. The molecule has 0 saturated heterocycles. The highest BCUT2D eigenvalue weighted by atomic mass is 19.4. The Kier molecular flexibility index (Phi) is 4.74. The van der Waals surface area contributed by atoms with Crippen LogP contribution in [-0.2, 0) is 9.53 Å². The molecule has 0 bridgehead atoms. The number of carbonyl (C=O) groups excluding carboxylic acids is 1. The normalized spacial score (nSPS) is 10.8. The molecule has 1 amide bonds. The third-order valence-electron chi connectivity index (χ3n) is 0.975. The molecular weight excluding hydrogens is 207 g/mol. The third-order valence-corrected chi connectivity index (χ3v) is 0.975. The van der Waals surface area contributed by atoms with Crippen molar-refractivity contribution in [2.45, 2.75) is 12.6 Å². The fourth-order valence-electron chi connectivity index (χ4n) is 0.470. The third kappa shape index (κ3) is 8.62. The Bertz CT molecular complexity index is 216. The van der Waals surface area contributed by atoms with Crippen LogP contribution in [0.5, 0.6) is 0 Å². The molecule has 0 aliphatic carbocycles. The number of hydrogen-bond donors (Lipinski definition) is 2. The van der Waals surface area contributed by atoms with Gasteiger partial charge in [-0.15, -0.1) is 0 Å². The molecule has 8 heteroatoms. The van der Waals surface area contributed by atoms with Gasteiger partial charge in [0, 0.05) is 6.54 Å². The standard InChI is InChI=1S/C6H8F3NO4/c7-6(8,9)3-14-5(13)10-2-1-4(11)12/h1-3H2,(H,10,13)(H,11,12). The fraction of sp³-hybridized carbons (Fsp3) is 0.667. The Morgan fingerprint density at radius 2 is 1.93 bits per heavy atom. The number of alkyl carbamates (subject to hydrolysis) is 1. The molecular formula is C6H8F3NO4. The highest BCUT2D eigenvalue weighted by Crippen LogP contribution is 2.14. The Balaban J connectivity index is 3.52. The number of ether oxygens (including phenoxy) is 1. The lowest BCUT2D eigenvalue weighted by molar-refractivity contribution is -0.160. The predicted octanol–water partition coefficient (Wildman–Crippen LogP) is 0.750. The van der Waals surface area contributed by atoms with Crippen LogP contribution in [0, 0.1) is 0 Å². The largest absolute Gasteiger partial charge is 0.481 e. The lowest BCUT2D eigenvalue weighted by Gasteiger charge is -2.07. The number of carboxylic acids is 1. The highest BCUT2D eigenvalue weighted by molar-refractivity contribution is 5.70. The number of carbonyl (C=O) groups is 2. The van der Waals surface area contributed by atoms with Gasteiger partial charge in [-0.3, -0.25) is 4.79 Å². The summed E-state index contributed by atoms with van der Waals surface area (Å²) >= 11 is 0. The van der Waals surface area contributed by atoms with Crippen molar-refractivity contribution in [1.29, 1.82) is 0 Å². The molecule has 0 aliphatic heterocycles. The van der Waals surface area contributed by atoms with E-state index in [4.69, 9.17) is 5.11 Å². The van der Waals surface area contributed by atoms with Crippen molar-refractivity contribution in [1.82, 2.24) is 5.32 Å². The molecule has 0 fully saturated rings. The maximum atomic E-state index is 11.5. The minimum Gasteiger partial charge on any atom is -0.481 e. The zero-order valence-electron chi connectivity index (χ0n) is 6.93. The molecule has 2 N–H and O–H groups in total. The number of alkyl halides is 3. The maximum Gasteiger partial charge on any atom is 0.422 e. The van der Waals surface area contributed by atoms with Gasteiger partial charge in [-0.05, 0) is 0 Å². The fourth-order valence-corrected chi connectivity index (χ4v) is 0.470. The summed E-state index contributed by atoms with van der Waals surface area (Å²) in [5.41, 5.74) is 0. The molecule has 0 unspecified atom stereocenters. The van der Waals surface area contributed by atoms with Gasteiger partial charge >= 0.3 is 18.2 Å². The number of aliphatic carboxylic acids is 1. The number of nitrogens with one attached hydrogen (secondary N) is 1. The van der Waals surface area contributed by atoms with Crippen LogP contribution in [0.2, 0.25) is 0 Å². The first-order valence-electron chi connectivity index (χ1n) is 3.50. The van der Waals surface area contributed by atoms with Gasteiger partial charge in [0.05, 0.1) is 6.42 Å². The average Bonchev–Trinajstić information content (AvgIpc) is 1.99. The van der Waals surface area contributed by atoms with Crippen molar-refractivity contribution in [2.75, 3.05) is 13.2 Å². The molecule has 5 nitrogen and oxygen atoms in total. The van der Waals surface area contributed by atoms with E-state index in [0.717, 1.165) is 0 Å². The summed E-state index contributed by atoms with van der Waals surface area (Å²) in [7, 11) is 0. The van der Waals surface area contributed by atoms with Crippen LogP contribution in [0.3, 0.4) is 0 Å². The number of carboxylic acid groups (broad SMARTS) is 1. The summed E-state index contributed by atoms with van der Waals surface area (Å²) in [6.45, 7) is -1.96. The van der Waals surface area contributed by atoms with Gasteiger partial charge in [-0.25, -0.2) is 4.79 Å². The minimum atomic E-state index is -4.58. The first-order valence-corrected chi connectivity index (χ1v) is 3.50. The van der Waals surface area contributed by atoms with Crippen molar-refractivity contribution in [2.24, 2.45) is 0 Å². The molecule has 14 heavy (non-hydrogen) atoms. The van der Waals surface area contributed by atoms with Crippen molar-refractivity contribution in [3.8, 4) is 0 Å². The Morgan fingerprint density at radius 1 is 1.36 bits per heavy atom. The van der Waals surface area contributed by atoms with Gasteiger partial charge in [0.15, 0.2) is 6.61 Å². The summed E-state index contributed by atoms with van der Waals surface area (Å²) < 4.78 is 38.1. The molecule has 0 atom stereocenters. The van der Waals surface area contributed by atoms with E-state index in [2.05, 4.69) is 4.74 Å². The summed E-state index contributed by atoms with van der Waals surface area (Å²) in [4.78, 5) is 20.4. The lowest BCUT2D eigenvalue weighted by atomic mass is 10.4. The maximum absolute atomic E-state index is 11.5. The summed E-state index contributed by atoms with van der Waals surface area (Å²) in [5.74, 6) is -1.17. The van der Waals surface area contributed by atoms with E-state index in [9.17, 15) is 22.8 Å². The molecule has 82 valence electrons. The average molecular weight is 215 g/mol. The number of rotatable bonds is 4. The molecule has 0 aromatic carbocycles. The van der Waals surface area contributed by atoms with E-state index in [-0.39, 0.29) is 13.0 Å². The Hall–Kier alpha value is -1.47. The number of halogens is 3. The van der Waals surface area contributed by atoms with Gasteiger partial charge in [0.1, 0.15) is 0 Å². The van der Waals surface area contributed by atoms with Crippen LogP contribution < -0.4 is 5.32 Å². The summed E-state index contributed by atoms with van der Waals surface area (Å²) in [6, 6.07) is 0. The molecule has 0 saturated carbocycles. The molecule has 0 radical (unpaired) electrons. The second-order valence-electron chi connectivity index (χ2n) is 2.26. The van der Waals surface area contributed by atoms with Crippen molar-refractivity contribution in [3.05, 3.63) is 0 Å². The molecule has 0 heterocycles. The van der Waals surface area contributed by atoms with Gasteiger partial charge in [0.2, 0.25) is 0 Å². The zero-order chi connectivity index (χ0) is 11.2. The van der Waals surface area contributed by atoms with E-state index in [1.54, 1.807) is 0 Å². The lowest BCUT2D eigenvalue weighted by Crippen LogP contribution is -2.30. The van der Waals surface area contributed by atoms with Gasteiger partial charge in [-0.2, -0.15) is 13.2 Å². The molecule has 0 rings (SSSR count). The van der Waals surface area contributed by atoms with Gasteiger partial charge in [-0.1, -0.05) is 0 Å². The quantitative estimate of drug-likeness (QED) is 0.725. The van der Waals surface area contributed by atoms with Crippen molar-refractivity contribution in [3.63, 3.8) is 0 Å². The van der Waals surface area contributed by atoms with Crippen LogP contribution in [0.15, 0.2) is 0 Å².